The van der Waals surface area contributed by atoms with Crippen molar-refractivity contribution in [2.75, 3.05) is 47.7 Å². The molecule has 1 aromatic carbocycles. The third kappa shape index (κ3) is 7.50. The maximum Gasteiger partial charge on any atom is 0.330 e. The number of aromatic amines is 1. The van der Waals surface area contributed by atoms with Crippen LogP contribution in [0.4, 0.5) is 17.2 Å². The molecule has 0 fully saturated rings. The van der Waals surface area contributed by atoms with Gasteiger partial charge in [-0.2, -0.15) is 0 Å². The van der Waals surface area contributed by atoms with Crippen LogP contribution in [0.3, 0.4) is 0 Å². The molecule has 0 bridgehead atoms. The molecular formula is C22H31N5O5S. The van der Waals surface area contributed by atoms with Crippen molar-refractivity contribution in [3.8, 4) is 0 Å². The van der Waals surface area contributed by atoms with Crippen molar-refractivity contribution in [1.82, 2.24) is 9.55 Å². The van der Waals surface area contributed by atoms with Gasteiger partial charge in [0.25, 0.3) is 5.56 Å². The summed E-state index contributed by atoms with van der Waals surface area (Å²) in [5, 5.41) is 2.78. The van der Waals surface area contributed by atoms with Gasteiger partial charge in [0.05, 0.1) is 18.1 Å². The van der Waals surface area contributed by atoms with Crippen LogP contribution in [-0.2, 0) is 20.9 Å². The number of rotatable bonds is 11. The van der Waals surface area contributed by atoms with Crippen LogP contribution in [0.25, 0.3) is 0 Å². The van der Waals surface area contributed by atoms with Crippen LogP contribution < -0.4 is 27.2 Å². The second-order valence-corrected chi connectivity index (χ2v) is 8.93. The number of hydrogen-bond acceptors (Lipinski definition) is 7. The number of aromatic nitrogens is 2. The van der Waals surface area contributed by atoms with Crippen molar-refractivity contribution < 1.29 is 14.3 Å². The number of anilines is 3. The van der Waals surface area contributed by atoms with Gasteiger partial charge in [-0.15, -0.1) is 11.8 Å². The van der Waals surface area contributed by atoms with Gasteiger partial charge < -0.3 is 20.7 Å². The summed E-state index contributed by atoms with van der Waals surface area (Å²) >= 11 is 1.11. The van der Waals surface area contributed by atoms with Crippen molar-refractivity contribution in [2.45, 2.75) is 27.3 Å². The summed E-state index contributed by atoms with van der Waals surface area (Å²) in [5.74, 6) is -0.667. The maximum absolute atomic E-state index is 13.0. The summed E-state index contributed by atoms with van der Waals surface area (Å²) in [7, 11) is 1.47. The predicted octanol–water partition coefficient (Wildman–Crippen LogP) is 1.43. The van der Waals surface area contributed by atoms with Crippen LogP contribution in [0, 0.1) is 12.8 Å². The first kappa shape index (κ1) is 26.2. The molecule has 0 atom stereocenters. The molecule has 180 valence electrons. The molecule has 0 unspecified atom stereocenters. The topological polar surface area (TPSA) is 140 Å². The van der Waals surface area contributed by atoms with Crippen molar-refractivity contribution in [3.63, 3.8) is 0 Å². The molecule has 33 heavy (non-hydrogen) atoms. The van der Waals surface area contributed by atoms with E-state index in [9.17, 15) is 19.2 Å². The van der Waals surface area contributed by atoms with Gasteiger partial charge in [0, 0.05) is 25.9 Å². The number of nitrogens with two attached hydrogens (primary N) is 1. The highest BCUT2D eigenvalue weighted by Crippen LogP contribution is 2.19. The van der Waals surface area contributed by atoms with Gasteiger partial charge in [0.15, 0.2) is 5.69 Å². The molecule has 10 nitrogen and oxygen atoms in total. The number of amides is 2. The van der Waals surface area contributed by atoms with Crippen molar-refractivity contribution in [2.24, 2.45) is 5.92 Å². The van der Waals surface area contributed by atoms with Gasteiger partial charge in [0.2, 0.25) is 11.8 Å². The minimum Gasteiger partial charge on any atom is -0.383 e. The van der Waals surface area contributed by atoms with E-state index in [1.165, 1.54) is 16.6 Å². The zero-order valence-electron chi connectivity index (χ0n) is 19.3. The van der Waals surface area contributed by atoms with Crippen LogP contribution >= 0.6 is 11.8 Å². The van der Waals surface area contributed by atoms with Crippen molar-refractivity contribution >= 4 is 40.8 Å². The number of nitrogens with one attached hydrogen (secondary N) is 2. The highest BCUT2D eigenvalue weighted by atomic mass is 32.2. The molecule has 0 aliphatic rings. The summed E-state index contributed by atoms with van der Waals surface area (Å²) in [6.45, 7) is 6.25. The normalized spacial score (nSPS) is 10.9. The average molecular weight is 478 g/mol. The molecule has 1 heterocycles. The molecule has 0 radical (unpaired) electrons. The smallest absolute Gasteiger partial charge is 0.330 e. The molecular weight excluding hydrogens is 446 g/mol. The van der Waals surface area contributed by atoms with Gasteiger partial charge in [-0.1, -0.05) is 26.0 Å². The van der Waals surface area contributed by atoms with Crippen LogP contribution in [0.1, 0.15) is 19.4 Å². The molecule has 11 heteroatoms. The zero-order chi connectivity index (χ0) is 24.5. The van der Waals surface area contributed by atoms with E-state index < -0.39 is 17.2 Å². The summed E-state index contributed by atoms with van der Waals surface area (Å²) in [4.78, 5) is 53.4. The van der Waals surface area contributed by atoms with E-state index in [2.05, 4.69) is 10.3 Å². The lowest BCUT2D eigenvalue weighted by Crippen LogP contribution is -2.43. The van der Waals surface area contributed by atoms with Crippen LogP contribution in [0.2, 0.25) is 0 Å². The molecule has 2 amide bonds. The SMILES string of the molecule is COCCN(C(=O)CSCC(=O)Nc1cccc(C)c1)c1c(N)n(CC(C)C)c(=O)[nH]c1=O. The molecule has 4 N–H and O–H groups in total. The number of thioether (sulfide) groups is 1. The molecule has 1 aromatic heterocycles. The first-order valence-corrected chi connectivity index (χ1v) is 11.7. The Morgan fingerprint density at radius 3 is 2.64 bits per heavy atom. The molecule has 0 aliphatic carbocycles. The largest absolute Gasteiger partial charge is 0.383 e. The molecule has 0 spiro atoms. The van der Waals surface area contributed by atoms with Crippen LogP contribution in [0.15, 0.2) is 33.9 Å². The Bertz CT molecular complexity index is 1100. The van der Waals surface area contributed by atoms with Crippen molar-refractivity contribution in [1.29, 1.82) is 0 Å². The number of carbonyl (C=O) groups excluding carboxylic acids is 2. The molecule has 2 rings (SSSR count). The highest BCUT2D eigenvalue weighted by Gasteiger charge is 2.24. The number of methoxy groups -OCH3 is 1. The van der Waals surface area contributed by atoms with Gasteiger partial charge >= 0.3 is 5.69 Å². The Balaban J connectivity index is 2.14. The van der Waals surface area contributed by atoms with Gasteiger partial charge in [-0.3, -0.25) is 23.9 Å². The summed E-state index contributed by atoms with van der Waals surface area (Å²) < 4.78 is 6.32. The standard InChI is InChI=1S/C22H31N5O5S/c1-14(2)11-27-20(23)19(21(30)25-22(27)31)26(8-9-32-4)18(29)13-33-12-17(28)24-16-7-5-6-15(3)10-16/h5-7,10,14H,8-9,11-13,23H2,1-4H3,(H,24,28)(H,25,30,31). The quantitative estimate of drug-likeness (QED) is 0.445. The lowest BCUT2D eigenvalue weighted by molar-refractivity contribution is -0.116. The first-order chi connectivity index (χ1) is 15.6. The molecule has 0 saturated heterocycles. The molecule has 0 aliphatic heterocycles. The lowest BCUT2D eigenvalue weighted by Gasteiger charge is -2.24. The lowest BCUT2D eigenvalue weighted by atomic mass is 10.2. The molecule has 0 saturated carbocycles. The Labute approximate surface area is 196 Å². The van der Waals surface area contributed by atoms with Crippen LogP contribution in [0.5, 0.6) is 0 Å². The van der Waals surface area contributed by atoms with Gasteiger partial charge in [-0.05, 0) is 30.5 Å². The fourth-order valence-corrected chi connectivity index (χ4v) is 3.85. The zero-order valence-corrected chi connectivity index (χ0v) is 20.2. The fourth-order valence-electron chi connectivity index (χ4n) is 3.16. The van der Waals surface area contributed by atoms with E-state index in [1.54, 1.807) is 6.07 Å². The number of hydrogen-bond donors (Lipinski definition) is 3. The number of carbonyl (C=O) groups is 2. The van der Waals surface area contributed by atoms with Crippen LogP contribution in [-0.4, -0.2) is 53.1 Å². The monoisotopic (exact) mass is 477 g/mol. The highest BCUT2D eigenvalue weighted by molar-refractivity contribution is 8.00. The number of aryl methyl sites for hydroxylation is 1. The van der Waals surface area contributed by atoms with E-state index in [-0.39, 0.29) is 54.5 Å². The summed E-state index contributed by atoms with van der Waals surface area (Å²) in [5.41, 5.74) is 6.39. The second kappa shape index (κ2) is 12.3. The Morgan fingerprint density at radius 2 is 2.00 bits per heavy atom. The van der Waals surface area contributed by atoms with E-state index >= 15 is 0 Å². The Hall–Kier alpha value is -3.05. The third-order valence-corrected chi connectivity index (χ3v) is 5.53. The van der Waals surface area contributed by atoms with E-state index in [0.29, 0.717) is 5.69 Å². The Morgan fingerprint density at radius 1 is 1.27 bits per heavy atom. The fraction of sp³-hybridized carbons (Fsp3) is 0.455. The average Bonchev–Trinajstić information content (AvgIpc) is 2.73. The maximum atomic E-state index is 13.0. The Kier molecular flexibility index (Phi) is 9.74. The number of nitrogens with zero attached hydrogens (tertiary/aromatic N) is 2. The van der Waals surface area contributed by atoms with E-state index in [0.717, 1.165) is 17.3 Å². The van der Waals surface area contributed by atoms with E-state index in [4.69, 9.17) is 10.5 Å². The predicted molar refractivity (Wildman–Crippen MR) is 132 cm³/mol. The summed E-state index contributed by atoms with van der Waals surface area (Å²) in [6.07, 6.45) is 0. The number of ether oxygens (including phenoxy) is 1. The molecule has 2 aromatic rings. The minimum atomic E-state index is -0.746. The summed E-state index contributed by atoms with van der Waals surface area (Å²) in [6, 6.07) is 7.40. The van der Waals surface area contributed by atoms with Crippen molar-refractivity contribution in [3.05, 3.63) is 50.7 Å². The second-order valence-electron chi connectivity index (χ2n) is 7.95. The van der Waals surface area contributed by atoms with Gasteiger partial charge in [0.1, 0.15) is 5.82 Å². The number of nitrogen functional groups attached to an aromatic ring is 1. The minimum absolute atomic E-state index is 0.0521. The first-order valence-electron chi connectivity index (χ1n) is 10.5. The number of benzene rings is 1. The van der Waals surface area contributed by atoms with Gasteiger partial charge in [-0.25, -0.2) is 4.79 Å². The third-order valence-electron chi connectivity index (χ3n) is 4.61. The van der Waals surface area contributed by atoms with E-state index in [1.807, 2.05) is 39.0 Å². The number of H-pyrrole nitrogens is 1.